The van der Waals surface area contributed by atoms with Crippen molar-refractivity contribution in [1.29, 1.82) is 0 Å². The Morgan fingerprint density at radius 1 is 1.44 bits per heavy atom. The maximum Gasteiger partial charge on any atom is 0.283 e. The lowest BCUT2D eigenvalue weighted by molar-refractivity contribution is -0.387. The summed E-state index contributed by atoms with van der Waals surface area (Å²) in [7, 11) is 3.90. The van der Waals surface area contributed by atoms with E-state index in [4.69, 9.17) is 0 Å². The van der Waals surface area contributed by atoms with Crippen LogP contribution >= 0.6 is 11.8 Å². The Bertz CT molecular complexity index is 461. The molecular formula is C12H16N2O3S. The van der Waals surface area contributed by atoms with Crippen LogP contribution in [0.4, 0.5) is 5.69 Å². The maximum absolute atomic E-state index is 11.2. The summed E-state index contributed by atoms with van der Waals surface area (Å²) in [5.41, 5.74) is 0.380. The molecule has 0 aromatic heterocycles. The number of thioether (sulfide) groups is 1. The number of nitrogens with zero attached hydrogens (tertiary/aromatic N) is 2. The van der Waals surface area contributed by atoms with Crippen molar-refractivity contribution in [2.75, 3.05) is 26.4 Å². The van der Waals surface area contributed by atoms with Gasteiger partial charge in [0.25, 0.3) is 5.69 Å². The van der Waals surface area contributed by atoms with Crippen LogP contribution < -0.4 is 0 Å². The van der Waals surface area contributed by atoms with Gasteiger partial charge in [0, 0.05) is 23.9 Å². The van der Waals surface area contributed by atoms with Crippen molar-refractivity contribution in [2.24, 2.45) is 0 Å². The molecule has 0 saturated carbocycles. The highest BCUT2D eigenvalue weighted by atomic mass is 32.2. The first-order valence-electron chi connectivity index (χ1n) is 5.48. The van der Waals surface area contributed by atoms with E-state index < -0.39 is 4.92 Å². The Morgan fingerprint density at radius 3 is 2.61 bits per heavy atom. The molecule has 0 spiro atoms. The van der Waals surface area contributed by atoms with Gasteiger partial charge in [0.15, 0.2) is 5.78 Å². The normalized spacial score (nSPS) is 10.7. The number of carbonyl (C=O) groups is 1. The molecule has 18 heavy (non-hydrogen) atoms. The molecule has 0 bridgehead atoms. The summed E-state index contributed by atoms with van der Waals surface area (Å²) in [6.45, 7) is 2.24. The van der Waals surface area contributed by atoms with E-state index in [0.717, 1.165) is 12.3 Å². The molecule has 0 aliphatic heterocycles. The molecule has 5 nitrogen and oxygen atoms in total. The summed E-state index contributed by atoms with van der Waals surface area (Å²) in [6.07, 6.45) is 0. The topological polar surface area (TPSA) is 63.5 Å². The predicted octanol–water partition coefficient (Wildman–Crippen LogP) is 2.45. The second-order valence-electron chi connectivity index (χ2n) is 4.15. The number of rotatable bonds is 6. The van der Waals surface area contributed by atoms with E-state index in [1.165, 1.54) is 24.8 Å². The third kappa shape index (κ3) is 4.12. The highest BCUT2D eigenvalue weighted by Gasteiger charge is 2.16. The Balaban J connectivity index is 2.90. The maximum atomic E-state index is 11.2. The van der Waals surface area contributed by atoms with Crippen molar-refractivity contribution in [3.05, 3.63) is 33.9 Å². The molecule has 0 aliphatic rings. The molecule has 1 aromatic carbocycles. The monoisotopic (exact) mass is 268 g/mol. The molecule has 0 unspecified atom stereocenters. The summed E-state index contributed by atoms with van der Waals surface area (Å²) in [5, 5.41) is 11.0. The number of nitro groups is 1. The second kappa shape index (κ2) is 6.51. The molecule has 6 heteroatoms. The van der Waals surface area contributed by atoms with E-state index in [1.54, 1.807) is 12.1 Å². The molecule has 0 amide bonds. The van der Waals surface area contributed by atoms with Gasteiger partial charge in [-0.1, -0.05) is 0 Å². The van der Waals surface area contributed by atoms with Crippen LogP contribution in [0.25, 0.3) is 0 Å². The van der Waals surface area contributed by atoms with Crippen LogP contribution in [-0.4, -0.2) is 42.0 Å². The Morgan fingerprint density at radius 2 is 2.11 bits per heavy atom. The van der Waals surface area contributed by atoms with Crippen molar-refractivity contribution in [3.8, 4) is 0 Å². The standard InChI is InChI=1S/C12H16N2O3S/c1-9(15)10-4-5-12(11(8-10)14(16)17)18-7-6-13(2)3/h4-5,8H,6-7H2,1-3H3. The van der Waals surface area contributed by atoms with Gasteiger partial charge in [0.2, 0.25) is 0 Å². The first kappa shape index (κ1) is 14.7. The van der Waals surface area contributed by atoms with Crippen LogP contribution in [0, 0.1) is 10.1 Å². The first-order chi connectivity index (χ1) is 8.41. The van der Waals surface area contributed by atoms with E-state index in [-0.39, 0.29) is 11.5 Å². The van der Waals surface area contributed by atoms with Crippen LogP contribution in [0.3, 0.4) is 0 Å². The van der Waals surface area contributed by atoms with Crippen LogP contribution in [0.15, 0.2) is 23.1 Å². The summed E-state index contributed by atoms with van der Waals surface area (Å²) in [4.78, 5) is 24.3. The lowest BCUT2D eigenvalue weighted by Crippen LogP contribution is -2.14. The average molecular weight is 268 g/mol. The number of benzene rings is 1. The van der Waals surface area contributed by atoms with E-state index >= 15 is 0 Å². The minimum atomic E-state index is -0.440. The summed E-state index contributed by atoms with van der Waals surface area (Å²) in [6, 6.07) is 4.63. The number of nitro benzene ring substituents is 1. The molecule has 0 saturated heterocycles. The largest absolute Gasteiger partial charge is 0.309 e. The zero-order valence-corrected chi connectivity index (χ0v) is 11.5. The van der Waals surface area contributed by atoms with Gasteiger partial charge in [-0.2, -0.15) is 0 Å². The number of ketones is 1. The molecule has 0 atom stereocenters. The SMILES string of the molecule is CC(=O)c1ccc(SCCN(C)C)c([N+](=O)[O-])c1. The molecular weight excluding hydrogens is 252 g/mol. The quantitative estimate of drug-likeness (QED) is 0.343. The van der Waals surface area contributed by atoms with Crippen LogP contribution in [0.1, 0.15) is 17.3 Å². The molecule has 0 heterocycles. The Labute approximate surface area is 110 Å². The van der Waals surface area contributed by atoms with Crippen molar-refractivity contribution in [3.63, 3.8) is 0 Å². The molecule has 1 aromatic rings. The molecule has 0 N–H and O–H groups in total. The van der Waals surface area contributed by atoms with Gasteiger partial charge in [-0.3, -0.25) is 14.9 Å². The minimum Gasteiger partial charge on any atom is -0.309 e. The summed E-state index contributed by atoms with van der Waals surface area (Å²) >= 11 is 1.43. The van der Waals surface area contributed by atoms with E-state index in [0.29, 0.717) is 10.5 Å². The first-order valence-corrected chi connectivity index (χ1v) is 6.47. The van der Waals surface area contributed by atoms with E-state index in [2.05, 4.69) is 0 Å². The van der Waals surface area contributed by atoms with Crippen molar-refractivity contribution < 1.29 is 9.72 Å². The van der Waals surface area contributed by atoms with E-state index in [9.17, 15) is 14.9 Å². The van der Waals surface area contributed by atoms with Gasteiger partial charge in [-0.15, -0.1) is 11.8 Å². The predicted molar refractivity (Wildman–Crippen MR) is 72.4 cm³/mol. The third-order valence-corrected chi connectivity index (χ3v) is 3.40. The van der Waals surface area contributed by atoms with Gasteiger partial charge in [0.1, 0.15) is 0 Å². The minimum absolute atomic E-state index is 0.00598. The van der Waals surface area contributed by atoms with Crippen LogP contribution in [0.2, 0.25) is 0 Å². The highest BCUT2D eigenvalue weighted by Crippen LogP contribution is 2.30. The molecule has 0 radical (unpaired) electrons. The molecule has 0 fully saturated rings. The molecule has 1 rings (SSSR count). The third-order valence-electron chi connectivity index (χ3n) is 2.36. The van der Waals surface area contributed by atoms with E-state index in [1.807, 2.05) is 19.0 Å². The fourth-order valence-corrected chi connectivity index (χ4v) is 2.46. The fourth-order valence-electron chi connectivity index (χ4n) is 1.34. The van der Waals surface area contributed by atoms with Gasteiger partial charge in [-0.25, -0.2) is 0 Å². The number of hydrogen-bond acceptors (Lipinski definition) is 5. The van der Waals surface area contributed by atoms with Gasteiger partial charge >= 0.3 is 0 Å². The smallest absolute Gasteiger partial charge is 0.283 e. The van der Waals surface area contributed by atoms with Crippen molar-refractivity contribution in [1.82, 2.24) is 4.90 Å². The number of carbonyl (C=O) groups excluding carboxylic acids is 1. The van der Waals surface area contributed by atoms with Gasteiger partial charge in [0.05, 0.1) is 9.82 Å². The fraction of sp³-hybridized carbons (Fsp3) is 0.417. The van der Waals surface area contributed by atoms with Gasteiger partial charge in [-0.05, 0) is 33.2 Å². The zero-order valence-electron chi connectivity index (χ0n) is 10.7. The molecule has 98 valence electrons. The lowest BCUT2D eigenvalue weighted by Gasteiger charge is -2.09. The second-order valence-corrected chi connectivity index (χ2v) is 5.28. The highest BCUT2D eigenvalue weighted by molar-refractivity contribution is 7.99. The lowest BCUT2D eigenvalue weighted by atomic mass is 10.1. The Kier molecular flexibility index (Phi) is 5.30. The van der Waals surface area contributed by atoms with Crippen LogP contribution in [-0.2, 0) is 0 Å². The number of Topliss-reactive ketones (excluding diaryl/α,β-unsaturated/α-hetero) is 1. The zero-order chi connectivity index (χ0) is 13.7. The van der Waals surface area contributed by atoms with Crippen molar-refractivity contribution >= 4 is 23.2 Å². The summed E-state index contributed by atoms with van der Waals surface area (Å²) in [5.74, 6) is 0.607. The average Bonchev–Trinajstić information content (AvgIpc) is 2.28. The van der Waals surface area contributed by atoms with Crippen LogP contribution in [0.5, 0.6) is 0 Å². The Hall–Kier alpha value is -1.40. The van der Waals surface area contributed by atoms with Gasteiger partial charge < -0.3 is 4.90 Å². The van der Waals surface area contributed by atoms with Crippen molar-refractivity contribution in [2.45, 2.75) is 11.8 Å². The summed E-state index contributed by atoms with van der Waals surface area (Å²) < 4.78 is 0. The molecule has 0 aliphatic carbocycles. The number of hydrogen-bond donors (Lipinski definition) is 0.